The average Bonchev–Trinajstić information content (AvgIpc) is 3.16. The molecule has 0 amide bonds. The van der Waals surface area contributed by atoms with Gasteiger partial charge in [0.05, 0.1) is 15.7 Å². The van der Waals surface area contributed by atoms with Gasteiger partial charge in [-0.1, -0.05) is 12.1 Å². The summed E-state index contributed by atoms with van der Waals surface area (Å²) in [6, 6.07) is 9.35. The molecule has 0 aliphatic carbocycles. The third kappa shape index (κ3) is 5.05. The summed E-state index contributed by atoms with van der Waals surface area (Å²) in [5.41, 5.74) is 2.90. The number of para-hydroxylation sites is 1. The fraction of sp³-hybridized carbons (Fsp3) is 0.375. The van der Waals surface area contributed by atoms with E-state index in [4.69, 9.17) is 0 Å². The van der Waals surface area contributed by atoms with Crippen molar-refractivity contribution in [2.75, 3.05) is 0 Å². The number of benzene rings is 1. The van der Waals surface area contributed by atoms with E-state index in [0.29, 0.717) is 12.1 Å². The van der Waals surface area contributed by atoms with Crippen LogP contribution >= 0.6 is 34.6 Å². The maximum atomic E-state index is 4.66. The zero-order chi connectivity index (χ0) is 15.9. The highest BCUT2D eigenvalue weighted by atomic mass is 32.2. The summed E-state index contributed by atoms with van der Waals surface area (Å²) in [6.45, 7) is 8.89. The molecule has 0 bridgehead atoms. The number of hydrogen-bond acceptors (Lipinski definition) is 6. The molecule has 0 aliphatic heterocycles. The minimum atomic E-state index is 0.520. The summed E-state index contributed by atoms with van der Waals surface area (Å²) in [7, 11) is 0. The van der Waals surface area contributed by atoms with Gasteiger partial charge >= 0.3 is 0 Å². The van der Waals surface area contributed by atoms with Gasteiger partial charge in [-0.25, -0.2) is 9.29 Å². The molecule has 6 heteroatoms. The monoisotopic (exact) mass is 351 g/mol. The van der Waals surface area contributed by atoms with Crippen LogP contribution in [-0.2, 0) is 0 Å². The molecule has 3 rings (SSSR count). The number of fused-ring (bicyclic) bond motifs is 1. The lowest BCUT2D eigenvalue weighted by Gasteiger charge is -2.27. The van der Waals surface area contributed by atoms with Crippen LogP contribution in [0.2, 0.25) is 0 Å². The lowest BCUT2D eigenvalue weighted by Crippen LogP contribution is -2.30. The van der Waals surface area contributed by atoms with Gasteiger partial charge in [-0.2, -0.15) is 0 Å². The second kappa shape index (κ2) is 8.62. The van der Waals surface area contributed by atoms with Crippen molar-refractivity contribution in [1.29, 1.82) is 0 Å². The normalized spacial score (nSPS) is 11.2. The minimum Gasteiger partial charge on any atom is -0.253 e. The van der Waals surface area contributed by atoms with Crippen LogP contribution in [0.4, 0.5) is 0 Å². The van der Waals surface area contributed by atoms with Crippen LogP contribution < -0.4 is 0 Å². The van der Waals surface area contributed by atoms with Crippen LogP contribution in [0.5, 0.6) is 0 Å². The molecule has 0 fully saturated rings. The molecule has 0 spiro atoms. The Labute approximate surface area is 144 Å². The number of hydrogen-bond donors (Lipinski definition) is 0. The van der Waals surface area contributed by atoms with Crippen molar-refractivity contribution >= 4 is 44.8 Å². The van der Waals surface area contributed by atoms with Gasteiger partial charge in [0.1, 0.15) is 0 Å². The molecular formula is C16H21N3S3. The Kier molecular flexibility index (Phi) is 6.82. The molecule has 0 radical (unpaired) electrons. The van der Waals surface area contributed by atoms with E-state index in [1.807, 2.05) is 11.4 Å². The van der Waals surface area contributed by atoms with Crippen molar-refractivity contribution < 1.29 is 0 Å². The van der Waals surface area contributed by atoms with E-state index in [0.717, 1.165) is 9.86 Å². The molecule has 3 nitrogen and oxygen atoms in total. The molecule has 3 aromatic rings. The van der Waals surface area contributed by atoms with E-state index in [1.54, 1.807) is 46.3 Å². The molecule has 0 unspecified atom stereocenters. The summed E-state index contributed by atoms with van der Waals surface area (Å²) in [4.78, 5) is 8.40. The topological polar surface area (TPSA) is 29.0 Å². The molecular weight excluding hydrogens is 330 g/mol. The minimum absolute atomic E-state index is 0.520. The van der Waals surface area contributed by atoms with Gasteiger partial charge in [0.15, 0.2) is 4.34 Å². The Bertz CT molecular complexity index is 604. The molecule has 1 aromatic carbocycles. The van der Waals surface area contributed by atoms with Crippen LogP contribution in [-0.4, -0.2) is 26.4 Å². The molecule has 118 valence electrons. The molecule has 2 heterocycles. The molecule has 2 aromatic heterocycles. The fourth-order valence-electron chi connectivity index (χ4n) is 1.96. The number of aromatic nitrogens is 2. The van der Waals surface area contributed by atoms with Crippen LogP contribution in [0, 0.1) is 0 Å². The highest BCUT2D eigenvalue weighted by molar-refractivity contribution is 7.99. The smallest absolute Gasteiger partial charge is 0.166 e. The zero-order valence-electron chi connectivity index (χ0n) is 13.3. The van der Waals surface area contributed by atoms with E-state index >= 15 is 0 Å². The van der Waals surface area contributed by atoms with Crippen molar-refractivity contribution in [1.82, 2.24) is 14.3 Å². The molecule has 0 aliphatic rings. The van der Waals surface area contributed by atoms with Crippen molar-refractivity contribution in [2.45, 2.75) is 44.1 Å². The third-order valence-corrected chi connectivity index (χ3v) is 5.95. The quantitative estimate of drug-likeness (QED) is 0.575. The summed E-state index contributed by atoms with van der Waals surface area (Å²) in [5.74, 6) is 0. The molecule has 0 atom stereocenters. The number of thiazole rings is 2. The van der Waals surface area contributed by atoms with E-state index in [9.17, 15) is 0 Å². The van der Waals surface area contributed by atoms with Gasteiger partial charge < -0.3 is 0 Å². The number of rotatable bonds is 4. The first-order chi connectivity index (χ1) is 10.6. The summed E-state index contributed by atoms with van der Waals surface area (Å²) in [5, 5.41) is 1.93. The van der Waals surface area contributed by atoms with Crippen molar-refractivity contribution in [2.24, 2.45) is 0 Å². The standard InChI is InChI=1S/C13H18N2S2.C3H3NS/c1-9(2)15(10(3)4)17-13-14-11-7-5-6-8-12(11)16-13;1-2-5-3-4-1/h5-10H,1-4H3;1-3H. The van der Waals surface area contributed by atoms with E-state index in [2.05, 4.69) is 60.2 Å². The predicted molar refractivity (Wildman–Crippen MR) is 99.7 cm³/mol. The largest absolute Gasteiger partial charge is 0.253 e. The second-order valence-corrected chi connectivity index (χ2v) is 8.30. The highest BCUT2D eigenvalue weighted by Gasteiger charge is 2.17. The van der Waals surface area contributed by atoms with Gasteiger partial charge in [-0.15, -0.1) is 22.7 Å². The van der Waals surface area contributed by atoms with Crippen molar-refractivity contribution in [3.8, 4) is 0 Å². The Balaban J connectivity index is 0.000000299. The van der Waals surface area contributed by atoms with Crippen LogP contribution in [0.15, 0.2) is 45.7 Å². The fourth-order valence-corrected chi connectivity index (χ4v) is 4.43. The van der Waals surface area contributed by atoms with Gasteiger partial charge in [0.25, 0.3) is 0 Å². The first-order valence-electron chi connectivity index (χ1n) is 7.22. The summed E-state index contributed by atoms with van der Waals surface area (Å²) < 4.78 is 4.79. The first kappa shape index (κ1) is 17.4. The van der Waals surface area contributed by atoms with Crippen LogP contribution in [0.1, 0.15) is 27.7 Å². The zero-order valence-corrected chi connectivity index (χ0v) is 15.7. The number of nitrogens with zero attached hydrogens (tertiary/aromatic N) is 3. The maximum absolute atomic E-state index is 4.66. The maximum Gasteiger partial charge on any atom is 0.166 e. The Hall–Kier alpha value is -0.950. The van der Waals surface area contributed by atoms with Crippen LogP contribution in [0.25, 0.3) is 10.2 Å². The van der Waals surface area contributed by atoms with Crippen molar-refractivity contribution in [3.05, 3.63) is 41.4 Å². The Morgan fingerprint density at radius 3 is 2.32 bits per heavy atom. The SMILES string of the molecule is CC(C)N(Sc1nc2ccccc2s1)C(C)C.c1cscn1. The van der Waals surface area contributed by atoms with Crippen molar-refractivity contribution in [3.63, 3.8) is 0 Å². The summed E-state index contributed by atoms with van der Waals surface area (Å²) >= 11 is 5.14. The Morgan fingerprint density at radius 1 is 1.09 bits per heavy atom. The van der Waals surface area contributed by atoms with E-state index in [1.165, 1.54) is 4.70 Å². The highest BCUT2D eigenvalue weighted by Crippen LogP contribution is 2.33. The molecule has 0 saturated heterocycles. The van der Waals surface area contributed by atoms with Crippen LogP contribution in [0.3, 0.4) is 0 Å². The molecule has 0 N–H and O–H groups in total. The summed E-state index contributed by atoms with van der Waals surface area (Å²) in [6.07, 6.45) is 1.77. The van der Waals surface area contributed by atoms with Gasteiger partial charge in [-0.05, 0) is 51.8 Å². The Morgan fingerprint density at radius 2 is 1.82 bits per heavy atom. The molecule has 0 saturated carbocycles. The second-order valence-electron chi connectivity index (χ2n) is 5.26. The van der Waals surface area contributed by atoms with Gasteiger partial charge in [0.2, 0.25) is 0 Å². The first-order valence-corrected chi connectivity index (χ1v) is 9.75. The van der Waals surface area contributed by atoms with E-state index < -0.39 is 0 Å². The molecule has 22 heavy (non-hydrogen) atoms. The third-order valence-electron chi connectivity index (χ3n) is 2.82. The lowest BCUT2D eigenvalue weighted by atomic mass is 10.3. The van der Waals surface area contributed by atoms with E-state index in [-0.39, 0.29) is 0 Å². The van der Waals surface area contributed by atoms with Gasteiger partial charge in [-0.3, -0.25) is 4.98 Å². The lowest BCUT2D eigenvalue weighted by molar-refractivity contribution is 0.335. The average molecular weight is 352 g/mol. The predicted octanol–water partition coefficient (Wildman–Crippen LogP) is 5.57. The van der Waals surface area contributed by atoms with Gasteiger partial charge in [0, 0.05) is 23.7 Å².